The standard InChI is InChI=1S/C20H19FN2OS.C2H7N/c1-14(24)23-20(13-5-8-15-6-2-3-10-18(15)20)25-19(22-23)16-7-4-9-17(21)12-11-16;1-2-3/h2-4,6-7,9-11H,5,8,12-13H2,1H3;2-3H2,1H3. The van der Waals surface area contributed by atoms with Crippen molar-refractivity contribution in [2.75, 3.05) is 6.54 Å². The molecule has 1 aromatic carbocycles. The van der Waals surface area contributed by atoms with E-state index in [4.69, 9.17) is 5.73 Å². The molecule has 1 amide bonds. The number of amides is 1. The van der Waals surface area contributed by atoms with Gasteiger partial charge in [0.15, 0.2) is 0 Å². The highest BCUT2D eigenvalue weighted by Gasteiger charge is 2.49. The normalized spacial score (nSPS) is 23.1. The van der Waals surface area contributed by atoms with Gasteiger partial charge >= 0.3 is 0 Å². The predicted octanol–water partition coefficient (Wildman–Crippen LogP) is 4.79. The minimum absolute atomic E-state index is 0.0679. The number of nitrogens with two attached hydrogens (primary N) is 1. The quantitative estimate of drug-likeness (QED) is 0.739. The van der Waals surface area contributed by atoms with E-state index in [1.165, 1.54) is 17.2 Å². The molecular weight excluding hydrogens is 373 g/mol. The van der Waals surface area contributed by atoms with Crippen molar-refractivity contribution in [3.63, 3.8) is 0 Å². The van der Waals surface area contributed by atoms with Gasteiger partial charge in [0.2, 0.25) is 5.91 Å². The molecule has 2 N–H and O–H groups in total. The van der Waals surface area contributed by atoms with E-state index in [-0.39, 0.29) is 18.2 Å². The highest BCUT2D eigenvalue weighted by molar-refractivity contribution is 8.15. The third-order valence-corrected chi connectivity index (χ3v) is 6.26. The van der Waals surface area contributed by atoms with E-state index in [0.29, 0.717) is 0 Å². The third kappa shape index (κ3) is 3.98. The molecule has 28 heavy (non-hydrogen) atoms. The molecule has 1 atom stereocenters. The number of carbonyl (C=O) groups is 1. The Labute approximate surface area is 170 Å². The van der Waals surface area contributed by atoms with Crippen LogP contribution < -0.4 is 5.73 Å². The van der Waals surface area contributed by atoms with Crippen molar-refractivity contribution in [1.82, 2.24) is 5.01 Å². The van der Waals surface area contributed by atoms with Gasteiger partial charge in [0.1, 0.15) is 15.7 Å². The SMILES string of the molecule is CC(=O)N1N=C(C2=CCC(F)=CC=C2)SC12CCCc1ccccc12.CCN. The first-order valence-corrected chi connectivity index (χ1v) is 10.4. The van der Waals surface area contributed by atoms with E-state index in [1.807, 2.05) is 31.2 Å². The van der Waals surface area contributed by atoms with Gasteiger partial charge in [0.05, 0.1) is 0 Å². The van der Waals surface area contributed by atoms with E-state index in [0.717, 1.165) is 36.4 Å². The molecule has 1 unspecified atom stereocenters. The summed E-state index contributed by atoms with van der Waals surface area (Å²) in [7, 11) is 0. The number of nitrogens with zero attached hydrogens (tertiary/aromatic N) is 2. The molecule has 6 heteroatoms. The van der Waals surface area contributed by atoms with Crippen molar-refractivity contribution < 1.29 is 9.18 Å². The number of hydrogen-bond donors (Lipinski definition) is 1. The first-order chi connectivity index (χ1) is 13.5. The maximum atomic E-state index is 13.5. The van der Waals surface area contributed by atoms with Crippen molar-refractivity contribution in [2.24, 2.45) is 10.8 Å². The molecule has 1 heterocycles. The van der Waals surface area contributed by atoms with E-state index < -0.39 is 4.87 Å². The summed E-state index contributed by atoms with van der Waals surface area (Å²) in [5, 5.41) is 7.07. The Kier molecular flexibility index (Phi) is 6.52. The maximum absolute atomic E-state index is 13.5. The second-order valence-corrected chi connectivity index (χ2v) is 8.14. The van der Waals surface area contributed by atoms with Crippen LogP contribution in [0.5, 0.6) is 0 Å². The first kappa shape index (κ1) is 20.6. The van der Waals surface area contributed by atoms with Crippen LogP contribution in [-0.4, -0.2) is 22.5 Å². The molecule has 0 aromatic heterocycles. The lowest BCUT2D eigenvalue weighted by molar-refractivity contribution is -0.132. The lowest BCUT2D eigenvalue weighted by atomic mass is 9.86. The van der Waals surface area contributed by atoms with Gasteiger partial charge in [-0.25, -0.2) is 9.40 Å². The van der Waals surface area contributed by atoms with Gasteiger partial charge in [-0.2, -0.15) is 5.10 Å². The average molecular weight is 400 g/mol. The summed E-state index contributed by atoms with van der Waals surface area (Å²) in [5.74, 6) is -0.238. The Hall–Kier alpha value is -2.18. The molecule has 4 nitrogen and oxygen atoms in total. The minimum Gasteiger partial charge on any atom is -0.331 e. The Morgan fingerprint density at radius 3 is 2.89 bits per heavy atom. The third-order valence-electron chi connectivity index (χ3n) is 4.81. The Bertz CT molecular complexity index is 874. The van der Waals surface area contributed by atoms with Crippen LogP contribution in [0.3, 0.4) is 0 Å². The molecule has 2 aliphatic carbocycles. The monoisotopic (exact) mass is 399 g/mol. The van der Waals surface area contributed by atoms with Gasteiger partial charge in [-0.1, -0.05) is 61.2 Å². The minimum atomic E-state index is -0.483. The van der Waals surface area contributed by atoms with Crippen LogP contribution in [0, 0.1) is 0 Å². The number of hydrazone groups is 1. The lowest BCUT2D eigenvalue weighted by Gasteiger charge is -2.39. The van der Waals surface area contributed by atoms with Gasteiger partial charge in [-0.3, -0.25) is 4.79 Å². The number of benzene rings is 1. The fraction of sp³-hybridized carbons (Fsp3) is 0.364. The topological polar surface area (TPSA) is 58.7 Å². The Morgan fingerprint density at radius 1 is 1.39 bits per heavy atom. The van der Waals surface area contributed by atoms with Crippen molar-refractivity contribution in [2.45, 2.75) is 44.4 Å². The number of allylic oxidation sites excluding steroid dienone is 5. The highest BCUT2D eigenvalue weighted by Crippen LogP contribution is 2.53. The van der Waals surface area contributed by atoms with Crippen LogP contribution in [0.2, 0.25) is 0 Å². The van der Waals surface area contributed by atoms with Gasteiger partial charge in [-0.05, 0) is 43.0 Å². The number of carbonyl (C=O) groups excluding carboxylic acids is 1. The second kappa shape index (κ2) is 8.88. The summed E-state index contributed by atoms with van der Waals surface area (Å²) in [6.45, 7) is 4.21. The van der Waals surface area contributed by atoms with Crippen LogP contribution in [0.15, 0.2) is 65.1 Å². The molecule has 4 rings (SSSR count). The summed E-state index contributed by atoms with van der Waals surface area (Å²) >= 11 is 1.62. The average Bonchev–Trinajstić information content (AvgIpc) is 2.91. The number of thioether (sulfide) groups is 1. The molecule has 1 spiro atoms. The van der Waals surface area contributed by atoms with E-state index in [2.05, 4.69) is 17.2 Å². The smallest absolute Gasteiger partial charge is 0.241 e. The number of aryl methyl sites for hydroxylation is 1. The number of halogens is 1. The van der Waals surface area contributed by atoms with Crippen molar-refractivity contribution in [3.8, 4) is 0 Å². The van der Waals surface area contributed by atoms with Crippen LogP contribution in [0.1, 0.15) is 44.2 Å². The summed E-state index contributed by atoms with van der Waals surface area (Å²) < 4.78 is 13.5. The summed E-state index contributed by atoms with van der Waals surface area (Å²) in [5.41, 5.74) is 8.17. The summed E-state index contributed by atoms with van der Waals surface area (Å²) in [6, 6.07) is 8.31. The fourth-order valence-corrected chi connectivity index (χ4v) is 5.22. The maximum Gasteiger partial charge on any atom is 0.241 e. The predicted molar refractivity (Wildman–Crippen MR) is 114 cm³/mol. The molecule has 1 aliphatic heterocycles. The van der Waals surface area contributed by atoms with Crippen molar-refractivity contribution in [3.05, 3.63) is 71.1 Å². The van der Waals surface area contributed by atoms with Crippen LogP contribution in [0.4, 0.5) is 4.39 Å². The van der Waals surface area contributed by atoms with E-state index in [1.54, 1.807) is 29.8 Å². The molecule has 0 saturated heterocycles. The van der Waals surface area contributed by atoms with Crippen LogP contribution in [-0.2, 0) is 16.1 Å². The molecule has 148 valence electrons. The van der Waals surface area contributed by atoms with Crippen molar-refractivity contribution in [1.29, 1.82) is 0 Å². The fourth-order valence-electron chi connectivity index (χ4n) is 3.69. The van der Waals surface area contributed by atoms with E-state index in [9.17, 15) is 9.18 Å². The Morgan fingerprint density at radius 2 is 2.14 bits per heavy atom. The van der Waals surface area contributed by atoms with Gasteiger partial charge in [-0.15, -0.1) is 0 Å². The van der Waals surface area contributed by atoms with Gasteiger partial charge in [0, 0.05) is 18.9 Å². The molecule has 0 fully saturated rings. The number of fused-ring (bicyclic) bond motifs is 2. The molecule has 0 radical (unpaired) electrons. The number of rotatable bonds is 1. The molecule has 3 aliphatic rings. The zero-order valence-corrected chi connectivity index (χ0v) is 17.1. The molecular formula is C22H26FN3OS. The van der Waals surface area contributed by atoms with Crippen LogP contribution >= 0.6 is 11.8 Å². The zero-order chi connectivity index (χ0) is 20.1. The molecule has 1 aromatic rings. The van der Waals surface area contributed by atoms with Gasteiger partial charge < -0.3 is 5.73 Å². The first-order valence-electron chi connectivity index (χ1n) is 9.62. The Balaban J connectivity index is 0.000000706. The second-order valence-electron chi connectivity index (χ2n) is 6.88. The summed E-state index contributed by atoms with van der Waals surface area (Å²) in [6.07, 6.45) is 10.0. The highest BCUT2D eigenvalue weighted by atomic mass is 32.2. The zero-order valence-electron chi connectivity index (χ0n) is 16.3. The molecule has 0 bridgehead atoms. The van der Waals surface area contributed by atoms with Gasteiger partial charge in [0.25, 0.3) is 0 Å². The number of hydrogen-bond acceptors (Lipinski definition) is 4. The van der Waals surface area contributed by atoms with E-state index >= 15 is 0 Å². The van der Waals surface area contributed by atoms with Crippen LogP contribution in [0.25, 0.3) is 0 Å². The largest absolute Gasteiger partial charge is 0.331 e. The van der Waals surface area contributed by atoms with Crippen molar-refractivity contribution >= 4 is 22.7 Å². The lowest BCUT2D eigenvalue weighted by Crippen LogP contribution is -2.42. The molecule has 0 saturated carbocycles. The summed E-state index contributed by atoms with van der Waals surface area (Å²) in [4.78, 5) is 11.9.